The first-order valence-corrected chi connectivity index (χ1v) is 6.19. The van der Waals surface area contributed by atoms with Gasteiger partial charge in [0, 0.05) is 6.07 Å². The van der Waals surface area contributed by atoms with Crippen LogP contribution in [0.1, 0.15) is 11.3 Å². The molecule has 21 heavy (non-hydrogen) atoms. The number of hydrogen-bond donors (Lipinski definition) is 2. The highest BCUT2D eigenvalue weighted by molar-refractivity contribution is 5.90. The minimum atomic E-state index is -0.925. The van der Waals surface area contributed by atoms with E-state index in [2.05, 4.69) is 10.5 Å². The van der Waals surface area contributed by atoms with Crippen LogP contribution < -0.4 is 10.1 Å². The zero-order valence-electron chi connectivity index (χ0n) is 11.3. The number of anilines is 1. The van der Waals surface area contributed by atoms with Gasteiger partial charge in [-0.2, -0.15) is 0 Å². The number of aryl methyl sites for hydroxylation is 1. The Morgan fingerprint density at radius 2 is 2.19 bits per heavy atom. The molecule has 2 N–H and O–H groups in total. The molecule has 0 aliphatic carbocycles. The maximum absolute atomic E-state index is 11.6. The van der Waals surface area contributed by atoms with Crippen molar-refractivity contribution < 1.29 is 24.0 Å². The lowest BCUT2D eigenvalue weighted by molar-refractivity contribution is -0.136. The van der Waals surface area contributed by atoms with Crippen molar-refractivity contribution in [3.63, 3.8) is 0 Å². The fourth-order valence-electron chi connectivity index (χ4n) is 1.67. The van der Waals surface area contributed by atoms with Crippen LogP contribution in [0.2, 0.25) is 0 Å². The smallest absolute Gasteiger partial charge is 0.307 e. The molecule has 0 saturated heterocycles. The van der Waals surface area contributed by atoms with Gasteiger partial charge in [-0.1, -0.05) is 17.3 Å². The van der Waals surface area contributed by atoms with E-state index in [4.69, 9.17) is 14.4 Å². The predicted molar refractivity (Wildman–Crippen MR) is 73.1 cm³/mol. The Morgan fingerprint density at radius 3 is 2.86 bits per heavy atom. The van der Waals surface area contributed by atoms with Crippen LogP contribution in [0.25, 0.3) is 0 Å². The summed E-state index contributed by atoms with van der Waals surface area (Å²) in [6, 6.07) is 8.18. The number of carboxylic acid groups (broad SMARTS) is 1. The number of rotatable bonds is 6. The number of carbonyl (C=O) groups excluding carboxylic acids is 1. The molecular formula is C14H14N2O5. The number of hydrogen-bond acceptors (Lipinski definition) is 5. The third-order valence-corrected chi connectivity index (χ3v) is 2.52. The molecule has 1 aromatic heterocycles. The third kappa shape index (κ3) is 4.64. The van der Waals surface area contributed by atoms with Crippen molar-refractivity contribution in [2.24, 2.45) is 0 Å². The predicted octanol–water partition coefficient (Wildman–Crippen LogP) is 1.63. The van der Waals surface area contributed by atoms with Crippen molar-refractivity contribution in [2.45, 2.75) is 13.3 Å². The molecule has 110 valence electrons. The van der Waals surface area contributed by atoms with E-state index in [0.717, 1.165) is 0 Å². The lowest BCUT2D eigenvalue weighted by atomic mass is 10.1. The molecule has 0 radical (unpaired) electrons. The number of nitrogens with one attached hydrogen (secondary N) is 1. The van der Waals surface area contributed by atoms with Crippen LogP contribution in [0, 0.1) is 6.92 Å². The van der Waals surface area contributed by atoms with Crippen LogP contribution in [0.3, 0.4) is 0 Å². The summed E-state index contributed by atoms with van der Waals surface area (Å²) in [6.07, 6.45) is -0.0956. The average Bonchev–Trinajstić information content (AvgIpc) is 2.81. The molecule has 7 heteroatoms. The summed E-state index contributed by atoms with van der Waals surface area (Å²) in [5.41, 5.74) is 0.604. The van der Waals surface area contributed by atoms with E-state index in [1.807, 2.05) is 0 Å². The molecule has 1 amide bonds. The second-order valence-corrected chi connectivity index (χ2v) is 4.38. The van der Waals surface area contributed by atoms with Gasteiger partial charge in [0.05, 0.1) is 6.42 Å². The Labute approximate surface area is 120 Å². The molecule has 0 unspecified atom stereocenters. The minimum absolute atomic E-state index is 0.0956. The highest BCUT2D eigenvalue weighted by atomic mass is 16.5. The third-order valence-electron chi connectivity index (χ3n) is 2.52. The first kappa shape index (κ1) is 14.6. The minimum Gasteiger partial charge on any atom is -0.484 e. The summed E-state index contributed by atoms with van der Waals surface area (Å²) in [5.74, 6) is 0.0341. The van der Waals surface area contributed by atoms with Crippen molar-refractivity contribution in [2.75, 3.05) is 11.9 Å². The van der Waals surface area contributed by atoms with Gasteiger partial charge < -0.3 is 19.7 Å². The Hall–Kier alpha value is -2.83. The molecule has 2 aromatic rings. The topological polar surface area (TPSA) is 102 Å². The van der Waals surface area contributed by atoms with E-state index in [1.54, 1.807) is 37.3 Å². The van der Waals surface area contributed by atoms with E-state index < -0.39 is 5.97 Å². The van der Waals surface area contributed by atoms with Crippen LogP contribution in [0.5, 0.6) is 5.75 Å². The normalized spacial score (nSPS) is 10.1. The molecule has 1 heterocycles. The molecule has 0 atom stereocenters. The van der Waals surface area contributed by atoms with Crippen molar-refractivity contribution in [3.05, 3.63) is 41.7 Å². The number of amides is 1. The van der Waals surface area contributed by atoms with Crippen LogP contribution in [-0.2, 0) is 16.0 Å². The van der Waals surface area contributed by atoms with Crippen molar-refractivity contribution in [1.82, 2.24) is 5.16 Å². The van der Waals surface area contributed by atoms with Gasteiger partial charge in [-0.15, -0.1) is 0 Å². The van der Waals surface area contributed by atoms with Crippen molar-refractivity contribution >= 4 is 17.7 Å². The second-order valence-electron chi connectivity index (χ2n) is 4.38. The number of carbonyl (C=O) groups is 2. The summed E-state index contributed by atoms with van der Waals surface area (Å²) in [5, 5.41) is 14.9. The largest absolute Gasteiger partial charge is 0.484 e. The van der Waals surface area contributed by atoms with Crippen LogP contribution >= 0.6 is 0 Å². The molecule has 0 fully saturated rings. The van der Waals surface area contributed by atoms with Crippen molar-refractivity contribution in [1.29, 1.82) is 0 Å². The Bertz CT molecular complexity index is 650. The number of benzene rings is 1. The maximum Gasteiger partial charge on any atom is 0.307 e. The Balaban J connectivity index is 1.87. The lowest BCUT2D eigenvalue weighted by Crippen LogP contribution is -2.20. The molecule has 0 aliphatic rings. The fraction of sp³-hybridized carbons (Fsp3) is 0.214. The number of nitrogens with zero attached hydrogens (tertiary/aromatic N) is 1. The van der Waals surface area contributed by atoms with Crippen LogP contribution in [-0.4, -0.2) is 28.7 Å². The molecule has 7 nitrogen and oxygen atoms in total. The summed E-state index contributed by atoms with van der Waals surface area (Å²) >= 11 is 0. The molecule has 0 spiro atoms. The van der Waals surface area contributed by atoms with Gasteiger partial charge in [0.25, 0.3) is 5.91 Å². The van der Waals surface area contributed by atoms with Crippen LogP contribution in [0.4, 0.5) is 5.82 Å². The van der Waals surface area contributed by atoms with Gasteiger partial charge in [-0.25, -0.2) is 0 Å². The zero-order chi connectivity index (χ0) is 15.2. The maximum atomic E-state index is 11.6. The summed E-state index contributed by atoms with van der Waals surface area (Å²) in [7, 11) is 0. The van der Waals surface area contributed by atoms with Gasteiger partial charge in [0.1, 0.15) is 11.5 Å². The fourth-order valence-corrected chi connectivity index (χ4v) is 1.67. The van der Waals surface area contributed by atoms with E-state index in [9.17, 15) is 9.59 Å². The molecule has 2 rings (SSSR count). The molecule has 0 bridgehead atoms. The molecule has 0 saturated carbocycles. The second kappa shape index (κ2) is 6.56. The van der Waals surface area contributed by atoms with Gasteiger partial charge in [-0.3, -0.25) is 9.59 Å². The first-order valence-electron chi connectivity index (χ1n) is 6.19. The van der Waals surface area contributed by atoms with E-state index in [0.29, 0.717) is 22.9 Å². The molecule has 1 aromatic carbocycles. The standard InChI is InChI=1S/C14H14N2O5/c1-9-5-12(16-21-9)15-13(17)8-20-11-4-2-3-10(6-11)7-14(18)19/h2-6H,7-8H2,1H3,(H,18,19)(H,15,16,17). The van der Waals surface area contributed by atoms with E-state index in [1.165, 1.54) is 0 Å². The SMILES string of the molecule is Cc1cc(NC(=O)COc2cccc(CC(=O)O)c2)no1. The van der Waals surface area contributed by atoms with Gasteiger partial charge in [0.2, 0.25) is 0 Å². The average molecular weight is 290 g/mol. The van der Waals surface area contributed by atoms with E-state index >= 15 is 0 Å². The van der Waals surface area contributed by atoms with Gasteiger partial charge in [-0.05, 0) is 24.6 Å². The van der Waals surface area contributed by atoms with Gasteiger partial charge >= 0.3 is 5.97 Å². The Kier molecular flexibility index (Phi) is 4.55. The lowest BCUT2D eigenvalue weighted by Gasteiger charge is -2.07. The quantitative estimate of drug-likeness (QED) is 0.838. The van der Waals surface area contributed by atoms with Crippen LogP contribution in [0.15, 0.2) is 34.9 Å². The van der Waals surface area contributed by atoms with Crippen molar-refractivity contribution in [3.8, 4) is 5.75 Å². The molecule has 0 aliphatic heterocycles. The first-order chi connectivity index (χ1) is 10.0. The zero-order valence-corrected chi connectivity index (χ0v) is 11.3. The van der Waals surface area contributed by atoms with Gasteiger partial charge in [0.15, 0.2) is 12.4 Å². The molecular weight excluding hydrogens is 276 g/mol. The monoisotopic (exact) mass is 290 g/mol. The Morgan fingerprint density at radius 1 is 1.38 bits per heavy atom. The van der Waals surface area contributed by atoms with E-state index in [-0.39, 0.29) is 18.9 Å². The highest BCUT2D eigenvalue weighted by Gasteiger charge is 2.08. The highest BCUT2D eigenvalue weighted by Crippen LogP contribution is 2.14. The number of ether oxygens (including phenoxy) is 1. The number of aromatic nitrogens is 1. The summed E-state index contributed by atoms with van der Waals surface area (Å²) in [4.78, 5) is 22.3. The number of aliphatic carboxylic acids is 1. The summed E-state index contributed by atoms with van der Waals surface area (Å²) in [6.45, 7) is 1.51. The number of carboxylic acids is 1. The summed E-state index contributed by atoms with van der Waals surface area (Å²) < 4.78 is 10.1.